The van der Waals surface area contributed by atoms with Crippen LogP contribution in [-0.4, -0.2) is 47.7 Å². The molecule has 0 amide bonds. The van der Waals surface area contributed by atoms with Gasteiger partial charge >= 0.3 is 5.97 Å². The maximum absolute atomic E-state index is 11.2. The van der Waals surface area contributed by atoms with Crippen LogP contribution in [0.5, 0.6) is 0 Å². The number of aliphatic carboxylic acids is 1. The van der Waals surface area contributed by atoms with E-state index in [1.807, 2.05) is 0 Å². The zero-order chi connectivity index (χ0) is 13.1. The first-order valence-corrected chi connectivity index (χ1v) is 7.25. The smallest absolute Gasteiger partial charge is 0.322 e. The molecule has 0 saturated heterocycles. The van der Waals surface area contributed by atoms with Crippen LogP contribution >= 0.6 is 0 Å². The molecule has 2 aliphatic rings. The van der Waals surface area contributed by atoms with E-state index in [9.17, 15) is 9.90 Å². The summed E-state index contributed by atoms with van der Waals surface area (Å²) in [6.07, 6.45) is 7.26. The Balaban J connectivity index is 1.79. The minimum Gasteiger partial charge on any atom is -0.480 e. The molecule has 2 rings (SSSR count). The van der Waals surface area contributed by atoms with Gasteiger partial charge in [-0.25, -0.2) is 0 Å². The van der Waals surface area contributed by atoms with Gasteiger partial charge in [0.15, 0.2) is 0 Å². The fraction of sp³-hybridized carbons (Fsp3) is 0.929. The minimum absolute atomic E-state index is 0.401. The summed E-state index contributed by atoms with van der Waals surface area (Å²) < 4.78 is 0. The summed E-state index contributed by atoms with van der Waals surface area (Å²) in [5.41, 5.74) is 0. The summed E-state index contributed by atoms with van der Waals surface area (Å²) in [6, 6.07) is 0.622. The Morgan fingerprint density at radius 3 is 2.39 bits per heavy atom. The zero-order valence-corrected chi connectivity index (χ0v) is 11.6. The molecule has 2 fully saturated rings. The fourth-order valence-electron chi connectivity index (χ4n) is 2.86. The van der Waals surface area contributed by atoms with Crippen LogP contribution in [0, 0.1) is 5.92 Å². The topological polar surface area (TPSA) is 52.6 Å². The van der Waals surface area contributed by atoms with Gasteiger partial charge in [-0.3, -0.25) is 4.79 Å². The third kappa shape index (κ3) is 3.95. The normalized spacial score (nSPS) is 30.4. The van der Waals surface area contributed by atoms with Crippen molar-refractivity contribution in [1.29, 1.82) is 0 Å². The van der Waals surface area contributed by atoms with Crippen molar-refractivity contribution in [3.8, 4) is 0 Å². The molecule has 0 aromatic carbocycles. The molecule has 0 aromatic heterocycles. The van der Waals surface area contributed by atoms with E-state index in [4.69, 9.17) is 0 Å². The molecule has 2 N–H and O–H groups in total. The van der Waals surface area contributed by atoms with Crippen molar-refractivity contribution in [2.45, 2.75) is 63.6 Å². The maximum atomic E-state index is 11.2. The van der Waals surface area contributed by atoms with E-state index in [0.717, 1.165) is 18.8 Å². The summed E-state index contributed by atoms with van der Waals surface area (Å²) >= 11 is 0. The van der Waals surface area contributed by atoms with Gasteiger partial charge in [0.05, 0.1) is 0 Å². The van der Waals surface area contributed by atoms with Crippen LogP contribution < -0.4 is 5.32 Å². The molecule has 1 atom stereocenters. The molecule has 2 saturated carbocycles. The monoisotopic (exact) mass is 254 g/mol. The number of nitrogens with one attached hydrogen (secondary N) is 1. The second-order valence-corrected chi connectivity index (χ2v) is 6.19. The Morgan fingerprint density at radius 2 is 1.89 bits per heavy atom. The summed E-state index contributed by atoms with van der Waals surface area (Å²) in [5, 5.41) is 12.5. The van der Waals surface area contributed by atoms with E-state index >= 15 is 0 Å². The Bertz CT molecular complexity index is 284. The Labute approximate surface area is 110 Å². The van der Waals surface area contributed by atoms with Gasteiger partial charge in [0.1, 0.15) is 6.04 Å². The number of rotatable bonds is 6. The van der Waals surface area contributed by atoms with E-state index in [-0.39, 0.29) is 0 Å². The lowest BCUT2D eigenvalue weighted by Gasteiger charge is -2.35. The van der Waals surface area contributed by atoms with E-state index in [2.05, 4.69) is 24.2 Å². The minimum atomic E-state index is -0.710. The SMILES string of the molecule is CC1CCC(N(C)CC(NC2CC2)C(=O)O)CC1. The molecule has 0 bridgehead atoms. The largest absolute Gasteiger partial charge is 0.480 e. The van der Waals surface area contributed by atoms with Gasteiger partial charge in [-0.1, -0.05) is 6.92 Å². The van der Waals surface area contributed by atoms with Crippen molar-refractivity contribution in [2.75, 3.05) is 13.6 Å². The van der Waals surface area contributed by atoms with Crippen molar-refractivity contribution in [2.24, 2.45) is 5.92 Å². The lowest BCUT2D eigenvalue weighted by molar-refractivity contribution is -0.140. The molecular formula is C14H26N2O2. The van der Waals surface area contributed by atoms with Crippen LogP contribution in [0.25, 0.3) is 0 Å². The third-order valence-electron chi connectivity index (χ3n) is 4.39. The van der Waals surface area contributed by atoms with Crippen molar-refractivity contribution >= 4 is 5.97 Å². The Kier molecular flexibility index (Phi) is 4.62. The first kappa shape index (κ1) is 13.8. The average Bonchev–Trinajstić information content (AvgIpc) is 3.12. The molecule has 0 aliphatic heterocycles. The third-order valence-corrected chi connectivity index (χ3v) is 4.39. The molecule has 4 heteroatoms. The van der Waals surface area contributed by atoms with Gasteiger partial charge in [-0.2, -0.15) is 0 Å². The van der Waals surface area contributed by atoms with Gasteiger partial charge < -0.3 is 15.3 Å². The summed E-state index contributed by atoms with van der Waals surface area (Å²) in [5.74, 6) is 0.132. The molecule has 0 aromatic rings. The zero-order valence-electron chi connectivity index (χ0n) is 11.6. The van der Waals surface area contributed by atoms with Crippen LogP contribution in [0.15, 0.2) is 0 Å². The molecule has 0 heterocycles. The van der Waals surface area contributed by atoms with E-state index in [0.29, 0.717) is 18.6 Å². The summed E-state index contributed by atoms with van der Waals surface area (Å²) in [7, 11) is 2.07. The fourth-order valence-corrected chi connectivity index (χ4v) is 2.86. The second kappa shape index (κ2) is 6.02. The van der Waals surface area contributed by atoms with Crippen LogP contribution in [0.4, 0.5) is 0 Å². The lowest BCUT2D eigenvalue weighted by Crippen LogP contribution is -2.49. The number of carboxylic acid groups (broad SMARTS) is 1. The van der Waals surface area contributed by atoms with Crippen LogP contribution in [0.3, 0.4) is 0 Å². The molecule has 2 aliphatic carbocycles. The highest BCUT2D eigenvalue weighted by atomic mass is 16.4. The van der Waals surface area contributed by atoms with Crippen molar-refractivity contribution in [3.63, 3.8) is 0 Å². The van der Waals surface area contributed by atoms with Crippen LogP contribution in [-0.2, 0) is 4.79 Å². The highest BCUT2D eigenvalue weighted by Gasteiger charge is 2.31. The number of hydrogen-bond acceptors (Lipinski definition) is 3. The molecule has 104 valence electrons. The van der Waals surface area contributed by atoms with E-state index in [1.165, 1.54) is 25.7 Å². The molecule has 0 radical (unpaired) electrons. The maximum Gasteiger partial charge on any atom is 0.322 e. The average molecular weight is 254 g/mol. The molecule has 0 spiro atoms. The number of likely N-dealkylation sites (N-methyl/N-ethyl adjacent to an activating group) is 1. The lowest BCUT2D eigenvalue weighted by atomic mass is 9.86. The highest BCUT2D eigenvalue weighted by molar-refractivity contribution is 5.73. The van der Waals surface area contributed by atoms with Gasteiger partial charge in [-0.15, -0.1) is 0 Å². The molecular weight excluding hydrogens is 228 g/mol. The first-order valence-electron chi connectivity index (χ1n) is 7.25. The van der Waals surface area contributed by atoms with Gasteiger partial charge in [-0.05, 0) is 51.5 Å². The summed E-state index contributed by atoms with van der Waals surface area (Å²) in [6.45, 7) is 2.94. The Hall–Kier alpha value is -0.610. The van der Waals surface area contributed by atoms with Crippen LogP contribution in [0.2, 0.25) is 0 Å². The first-order chi connectivity index (χ1) is 8.56. The predicted molar refractivity (Wildman–Crippen MR) is 71.6 cm³/mol. The van der Waals surface area contributed by atoms with Gasteiger partial charge in [0.2, 0.25) is 0 Å². The number of hydrogen-bond donors (Lipinski definition) is 2. The van der Waals surface area contributed by atoms with Gasteiger partial charge in [0.25, 0.3) is 0 Å². The molecule has 4 nitrogen and oxygen atoms in total. The standard InChI is InChI=1S/C14H26N2O2/c1-10-3-7-12(8-4-10)16(2)9-13(14(17)18)15-11-5-6-11/h10-13,15H,3-9H2,1-2H3,(H,17,18). The quantitative estimate of drug-likeness (QED) is 0.757. The highest BCUT2D eigenvalue weighted by Crippen LogP contribution is 2.26. The Morgan fingerprint density at radius 1 is 1.28 bits per heavy atom. The number of carbonyl (C=O) groups is 1. The van der Waals surface area contributed by atoms with Crippen molar-refractivity contribution < 1.29 is 9.90 Å². The molecule has 18 heavy (non-hydrogen) atoms. The van der Waals surface area contributed by atoms with Crippen molar-refractivity contribution in [3.05, 3.63) is 0 Å². The second-order valence-electron chi connectivity index (χ2n) is 6.19. The molecule has 1 unspecified atom stereocenters. The van der Waals surface area contributed by atoms with E-state index in [1.54, 1.807) is 0 Å². The van der Waals surface area contributed by atoms with Crippen molar-refractivity contribution in [1.82, 2.24) is 10.2 Å². The number of nitrogens with zero attached hydrogens (tertiary/aromatic N) is 1. The van der Waals surface area contributed by atoms with Crippen LogP contribution in [0.1, 0.15) is 45.4 Å². The number of carboxylic acids is 1. The van der Waals surface area contributed by atoms with Gasteiger partial charge in [0, 0.05) is 18.6 Å². The predicted octanol–water partition coefficient (Wildman–Crippen LogP) is 1.70. The summed E-state index contributed by atoms with van der Waals surface area (Å²) in [4.78, 5) is 13.5. The van der Waals surface area contributed by atoms with E-state index < -0.39 is 12.0 Å².